The Morgan fingerprint density at radius 2 is 2.50 bits per heavy atom. The quantitative estimate of drug-likeness (QED) is 0.580. The Kier molecular flexibility index (Phi) is 3.05. The molecule has 70 valence electrons. The van der Waals surface area contributed by atoms with Crippen LogP contribution < -0.4 is 5.73 Å². The fraction of sp³-hybridized carbons (Fsp3) is 0.875. The summed E-state index contributed by atoms with van der Waals surface area (Å²) in [5, 5.41) is 9.16. The molecule has 0 bridgehead atoms. The van der Waals surface area contributed by atoms with E-state index < -0.39 is 0 Å². The van der Waals surface area contributed by atoms with Crippen molar-refractivity contribution in [2.24, 2.45) is 5.73 Å². The molecule has 0 spiro atoms. The molecule has 12 heavy (non-hydrogen) atoms. The van der Waals surface area contributed by atoms with Crippen molar-refractivity contribution < 1.29 is 9.90 Å². The molecule has 0 radical (unpaired) electrons. The summed E-state index contributed by atoms with van der Waals surface area (Å²) < 4.78 is 0. The number of likely N-dealkylation sites (tertiary alicyclic amines) is 1. The molecular formula is C8H16N2O2. The molecule has 1 rings (SSSR count). The fourth-order valence-electron chi connectivity index (χ4n) is 1.37. The van der Waals surface area contributed by atoms with E-state index in [1.165, 1.54) is 0 Å². The summed E-state index contributed by atoms with van der Waals surface area (Å²) in [6.45, 7) is 2.96. The average Bonchev–Trinajstić information content (AvgIpc) is 2.34. The van der Waals surface area contributed by atoms with Crippen molar-refractivity contribution in [2.45, 2.75) is 31.9 Å². The monoisotopic (exact) mass is 172 g/mol. The van der Waals surface area contributed by atoms with Gasteiger partial charge in [0.15, 0.2) is 0 Å². The predicted octanol–water partition coefficient (Wildman–Crippen LogP) is -0.683. The molecule has 0 aliphatic carbocycles. The van der Waals surface area contributed by atoms with Crippen LogP contribution in [0.25, 0.3) is 0 Å². The topological polar surface area (TPSA) is 66.6 Å². The van der Waals surface area contributed by atoms with Gasteiger partial charge in [0.25, 0.3) is 0 Å². The highest BCUT2D eigenvalue weighted by Crippen LogP contribution is 2.10. The second kappa shape index (κ2) is 3.87. The zero-order valence-electron chi connectivity index (χ0n) is 7.36. The summed E-state index contributed by atoms with van der Waals surface area (Å²) in [6, 6.07) is -0.0877. The molecule has 1 saturated heterocycles. The lowest BCUT2D eigenvalue weighted by molar-refractivity contribution is -0.130. The molecular weight excluding hydrogens is 156 g/mol. The van der Waals surface area contributed by atoms with E-state index in [0.717, 1.165) is 0 Å². The molecule has 1 aliphatic rings. The molecule has 0 aromatic carbocycles. The Morgan fingerprint density at radius 3 is 2.92 bits per heavy atom. The lowest BCUT2D eigenvalue weighted by atomic mass is 10.2. The van der Waals surface area contributed by atoms with Crippen LogP contribution in [0.3, 0.4) is 0 Å². The standard InChI is InChI=1S/C8H16N2O2/c1-6(9)4-8(12)10-3-2-7(11)5-10/h6-7,11H,2-5,9H2,1H3/t6?,7-/m1/s1. The maximum atomic E-state index is 11.3. The number of nitrogens with zero attached hydrogens (tertiary/aromatic N) is 1. The molecule has 4 heteroatoms. The van der Waals surface area contributed by atoms with Crippen molar-refractivity contribution in [1.82, 2.24) is 4.90 Å². The van der Waals surface area contributed by atoms with E-state index in [-0.39, 0.29) is 18.1 Å². The van der Waals surface area contributed by atoms with Gasteiger partial charge in [0.1, 0.15) is 0 Å². The number of rotatable bonds is 2. The molecule has 1 heterocycles. The Labute approximate surface area is 72.3 Å². The number of aliphatic hydroxyl groups excluding tert-OH is 1. The molecule has 1 aliphatic heterocycles. The highest BCUT2D eigenvalue weighted by molar-refractivity contribution is 5.77. The van der Waals surface area contributed by atoms with Crippen molar-refractivity contribution in [2.75, 3.05) is 13.1 Å². The van der Waals surface area contributed by atoms with Gasteiger partial charge in [-0.2, -0.15) is 0 Å². The van der Waals surface area contributed by atoms with Crippen LogP contribution in [0, 0.1) is 0 Å². The first-order valence-corrected chi connectivity index (χ1v) is 4.31. The van der Waals surface area contributed by atoms with Crippen LogP contribution >= 0.6 is 0 Å². The van der Waals surface area contributed by atoms with Gasteiger partial charge in [0, 0.05) is 25.6 Å². The van der Waals surface area contributed by atoms with Crippen molar-refractivity contribution >= 4 is 5.91 Å². The van der Waals surface area contributed by atoms with E-state index in [1.54, 1.807) is 4.90 Å². The third-order valence-electron chi connectivity index (χ3n) is 2.01. The van der Waals surface area contributed by atoms with Crippen molar-refractivity contribution in [3.8, 4) is 0 Å². The first-order chi connectivity index (χ1) is 5.59. The summed E-state index contributed by atoms with van der Waals surface area (Å²) in [4.78, 5) is 13.0. The van der Waals surface area contributed by atoms with Crippen LogP contribution in [0.15, 0.2) is 0 Å². The molecule has 3 N–H and O–H groups in total. The SMILES string of the molecule is CC(N)CC(=O)N1CC[C@@H](O)C1. The van der Waals surface area contributed by atoms with Crippen LogP contribution in [-0.4, -0.2) is 41.1 Å². The van der Waals surface area contributed by atoms with E-state index in [1.807, 2.05) is 6.92 Å². The maximum Gasteiger partial charge on any atom is 0.224 e. The van der Waals surface area contributed by atoms with Gasteiger partial charge in [-0.15, -0.1) is 0 Å². The number of β-amino-alcohol motifs (C(OH)–C–C–N with tert-alkyl or cyclic N) is 1. The summed E-state index contributed by atoms with van der Waals surface area (Å²) in [5.74, 6) is 0.0570. The van der Waals surface area contributed by atoms with Crippen LogP contribution in [0.1, 0.15) is 19.8 Å². The van der Waals surface area contributed by atoms with E-state index >= 15 is 0 Å². The lowest BCUT2D eigenvalue weighted by Gasteiger charge is -2.16. The zero-order chi connectivity index (χ0) is 9.14. The number of hydrogen-bond donors (Lipinski definition) is 2. The number of amides is 1. The van der Waals surface area contributed by atoms with Gasteiger partial charge in [-0.05, 0) is 13.3 Å². The van der Waals surface area contributed by atoms with Crippen LogP contribution in [0.4, 0.5) is 0 Å². The highest BCUT2D eigenvalue weighted by Gasteiger charge is 2.24. The second-order valence-electron chi connectivity index (χ2n) is 3.46. The number of hydrogen-bond acceptors (Lipinski definition) is 3. The minimum absolute atomic E-state index is 0.0570. The van der Waals surface area contributed by atoms with Gasteiger partial charge in [0.2, 0.25) is 5.91 Å². The summed E-state index contributed by atoms with van der Waals surface area (Å²) in [7, 11) is 0. The minimum atomic E-state index is -0.331. The first-order valence-electron chi connectivity index (χ1n) is 4.31. The van der Waals surface area contributed by atoms with Crippen LogP contribution in [0.5, 0.6) is 0 Å². The first kappa shape index (κ1) is 9.48. The lowest BCUT2D eigenvalue weighted by Crippen LogP contribution is -2.33. The van der Waals surface area contributed by atoms with E-state index in [0.29, 0.717) is 25.9 Å². The maximum absolute atomic E-state index is 11.3. The van der Waals surface area contributed by atoms with Crippen molar-refractivity contribution in [3.05, 3.63) is 0 Å². The highest BCUT2D eigenvalue weighted by atomic mass is 16.3. The molecule has 1 amide bonds. The molecule has 0 aromatic rings. The van der Waals surface area contributed by atoms with Gasteiger partial charge in [-0.3, -0.25) is 4.79 Å². The number of nitrogens with two attached hydrogens (primary N) is 1. The van der Waals surface area contributed by atoms with E-state index in [4.69, 9.17) is 10.8 Å². The number of aliphatic hydroxyl groups is 1. The average molecular weight is 172 g/mol. The Morgan fingerprint density at radius 1 is 1.83 bits per heavy atom. The van der Waals surface area contributed by atoms with Crippen LogP contribution in [-0.2, 0) is 4.79 Å². The fourth-order valence-corrected chi connectivity index (χ4v) is 1.37. The number of carbonyl (C=O) groups is 1. The van der Waals surface area contributed by atoms with Crippen molar-refractivity contribution in [1.29, 1.82) is 0 Å². The molecule has 1 unspecified atom stereocenters. The molecule has 0 aromatic heterocycles. The molecule has 1 fully saturated rings. The van der Waals surface area contributed by atoms with Gasteiger partial charge in [-0.25, -0.2) is 0 Å². The summed E-state index contributed by atoms with van der Waals surface area (Å²) in [5.41, 5.74) is 5.49. The second-order valence-corrected chi connectivity index (χ2v) is 3.46. The van der Waals surface area contributed by atoms with Crippen molar-refractivity contribution in [3.63, 3.8) is 0 Å². The third-order valence-corrected chi connectivity index (χ3v) is 2.01. The number of carbonyl (C=O) groups excluding carboxylic acids is 1. The zero-order valence-corrected chi connectivity index (χ0v) is 7.36. The van der Waals surface area contributed by atoms with Crippen LogP contribution in [0.2, 0.25) is 0 Å². The predicted molar refractivity (Wildman–Crippen MR) is 45.5 cm³/mol. The largest absolute Gasteiger partial charge is 0.391 e. The van der Waals surface area contributed by atoms with Gasteiger partial charge in [0.05, 0.1) is 6.10 Å². The van der Waals surface area contributed by atoms with E-state index in [9.17, 15) is 4.79 Å². The van der Waals surface area contributed by atoms with Gasteiger partial charge in [-0.1, -0.05) is 0 Å². The van der Waals surface area contributed by atoms with Gasteiger partial charge >= 0.3 is 0 Å². The van der Waals surface area contributed by atoms with Gasteiger partial charge < -0.3 is 15.7 Å². The molecule has 4 nitrogen and oxygen atoms in total. The Hall–Kier alpha value is -0.610. The Bertz CT molecular complexity index is 170. The molecule has 2 atom stereocenters. The third kappa shape index (κ3) is 2.46. The normalized spacial score (nSPS) is 25.9. The molecule has 0 saturated carbocycles. The Balaban J connectivity index is 2.33. The minimum Gasteiger partial charge on any atom is -0.391 e. The smallest absolute Gasteiger partial charge is 0.224 e. The summed E-state index contributed by atoms with van der Waals surface area (Å²) >= 11 is 0. The summed E-state index contributed by atoms with van der Waals surface area (Å²) in [6.07, 6.45) is 0.749. The van der Waals surface area contributed by atoms with E-state index in [2.05, 4.69) is 0 Å².